The third-order valence-corrected chi connectivity index (χ3v) is 5.17. The first kappa shape index (κ1) is 17.2. The fourth-order valence-electron chi connectivity index (χ4n) is 3.60. The number of likely N-dealkylation sites (tertiary alicyclic amines) is 1. The SMILES string of the molecule is CN1C(=O)[C@](O)(C#Cc2cccc(-n3nc(C(N)=O)c4cccnc43)c2)C2=C[C@H]21. The number of aliphatic hydroxyl groups is 1. The van der Waals surface area contributed by atoms with Crippen molar-refractivity contribution in [3.05, 3.63) is 65.5 Å². The number of rotatable bonds is 2. The number of aromatic nitrogens is 3. The van der Waals surface area contributed by atoms with Gasteiger partial charge in [0.05, 0.1) is 17.1 Å². The third kappa shape index (κ3) is 2.45. The zero-order valence-corrected chi connectivity index (χ0v) is 15.3. The first-order chi connectivity index (χ1) is 13.9. The summed E-state index contributed by atoms with van der Waals surface area (Å²) >= 11 is 0. The fraction of sp³-hybridized carbons (Fsp3) is 0.143. The van der Waals surface area contributed by atoms with E-state index in [-0.39, 0.29) is 11.7 Å². The van der Waals surface area contributed by atoms with E-state index in [9.17, 15) is 14.7 Å². The summed E-state index contributed by atoms with van der Waals surface area (Å²) in [5.74, 6) is 4.53. The van der Waals surface area contributed by atoms with Gasteiger partial charge in [-0.1, -0.05) is 18.1 Å². The molecule has 1 aliphatic heterocycles. The van der Waals surface area contributed by atoms with Crippen LogP contribution in [0.4, 0.5) is 0 Å². The highest BCUT2D eigenvalue weighted by atomic mass is 16.3. The summed E-state index contributed by atoms with van der Waals surface area (Å²) < 4.78 is 1.52. The maximum Gasteiger partial charge on any atom is 0.272 e. The number of hydrogen-bond acceptors (Lipinski definition) is 5. The molecule has 0 unspecified atom stereocenters. The molecule has 2 aromatic heterocycles. The Kier molecular flexibility index (Phi) is 3.41. The van der Waals surface area contributed by atoms with Crippen molar-refractivity contribution in [3.63, 3.8) is 0 Å². The molecule has 0 saturated carbocycles. The molecule has 0 bridgehead atoms. The third-order valence-electron chi connectivity index (χ3n) is 5.17. The largest absolute Gasteiger partial charge is 0.366 e. The Morgan fingerprint density at radius 1 is 1.31 bits per heavy atom. The van der Waals surface area contributed by atoms with Crippen LogP contribution in [0.5, 0.6) is 0 Å². The highest BCUT2D eigenvalue weighted by Crippen LogP contribution is 2.43. The number of pyridine rings is 1. The molecule has 3 aromatic rings. The molecule has 3 N–H and O–H groups in total. The molecule has 142 valence electrons. The van der Waals surface area contributed by atoms with Gasteiger partial charge in [0.25, 0.3) is 11.8 Å². The van der Waals surface area contributed by atoms with Crippen LogP contribution in [0.3, 0.4) is 0 Å². The topological polar surface area (TPSA) is 114 Å². The van der Waals surface area contributed by atoms with Gasteiger partial charge in [0.2, 0.25) is 5.60 Å². The summed E-state index contributed by atoms with van der Waals surface area (Å²) in [6.45, 7) is 0. The quantitative estimate of drug-likeness (QED) is 0.489. The van der Waals surface area contributed by atoms with Crippen LogP contribution in [0.25, 0.3) is 16.7 Å². The first-order valence-electron chi connectivity index (χ1n) is 8.89. The summed E-state index contributed by atoms with van der Waals surface area (Å²) in [4.78, 5) is 29.8. The molecule has 1 saturated heterocycles. The van der Waals surface area contributed by atoms with Gasteiger partial charge in [-0.25, -0.2) is 9.67 Å². The van der Waals surface area contributed by atoms with Crippen molar-refractivity contribution in [3.8, 4) is 17.5 Å². The second kappa shape index (κ2) is 5.77. The highest BCUT2D eigenvalue weighted by Gasteiger charge is 2.58. The van der Waals surface area contributed by atoms with Crippen LogP contribution < -0.4 is 5.73 Å². The molecule has 1 aromatic carbocycles. The zero-order valence-electron chi connectivity index (χ0n) is 15.3. The minimum Gasteiger partial charge on any atom is -0.366 e. The van der Waals surface area contributed by atoms with Crippen LogP contribution in [-0.2, 0) is 4.79 Å². The van der Waals surface area contributed by atoms with E-state index >= 15 is 0 Å². The molecule has 8 nitrogen and oxygen atoms in total. The van der Waals surface area contributed by atoms with Crippen LogP contribution in [0.15, 0.2) is 54.2 Å². The molecule has 29 heavy (non-hydrogen) atoms. The Hall–Kier alpha value is -3.96. The summed E-state index contributed by atoms with van der Waals surface area (Å²) in [6.07, 6.45) is 3.42. The monoisotopic (exact) mass is 385 g/mol. The lowest BCUT2D eigenvalue weighted by atomic mass is 10.0. The Morgan fingerprint density at radius 3 is 2.86 bits per heavy atom. The van der Waals surface area contributed by atoms with Gasteiger partial charge < -0.3 is 15.7 Å². The molecule has 5 rings (SSSR count). The van der Waals surface area contributed by atoms with Crippen molar-refractivity contribution < 1.29 is 14.7 Å². The van der Waals surface area contributed by atoms with Gasteiger partial charge in [0.1, 0.15) is 0 Å². The molecule has 1 aliphatic carbocycles. The second-order valence-electron chi connectivity index (χ2n) is 6.99. The fourth-order valence-corrected chi connectivity index (χ4v) is 3.60. The number of nitrogens with two attached hydrogens (primary N) is 1. The van der Waals surface area contributed by atoms with Crippen molar-refractivity contribution in [2.75, 3.05) is 7.05 Å². The minimum absolute atomic E-state index is 0.123. The predicted octanol–water partition coefficient (Wildman–Crippen LogP) is 0.383. The summed E-state index contributed by atoms with van der Waals surface area (Å²) in [5, 5.41) is 15.5. The standard InChI is InChI=1S/C21H15N5O3/c1-25-16-11-15(16)21(29,20(25)28)8-7-12-4-2-5-13(10-12)26-19-14(6-3-9-23-19)17(24-26)18(22)27/h2-6,9-11,16,29H,1H3,(H2,22,27)/t16-,21+/m1/s1. The number of likely N-dealkylation sites (N-methyl/N-ethyl adjacent to an activating group) is 1. The van der Waals surface area contributed by atoms with Gasteiger partial charge in [-0.05, 0) is 36.3 Å². The average Bonchev–Trinajstić information content (AvgIpc) is 3.40. The van der Waals surface area contributed by atoms with Crippen LogP contribution in [0.1, 0.15) is 16.1 Å². The number of fused-ring (bicyclic) bond motifs is 2. The van der Waals surface area contributed by atoms with Gasteiger partial charge in [0.15, 0.2) is 11.3 Å². The van der Waals surface area contributed by atoms with Crippen LogP contribution >= 0.6 is 0 Å². The average molecular weight is 385 g/mol. The molecule has 8 heteroatoms. The number of nitrogens with zero attached hydrogens (tertiary/aromatic N) is 4. The van der Waals surface area contributed by atoms with E-state index in [1.165, 1.54) is 9.58 Å². The maximum atomic E-state index is 12.3. The highest BCUT2D eigenvalue weighted by molar-refractivity contribution is 6.03. The molecule has 0 spiro atoms. The number of benzene rings is 1. The van der Waals surface area contributed by atoms with Gasteiger partial charge in [0, 0.05) is 24.4 Å². The Morgan fingerprint density at radius 2 is 2.14 bits per heavy atom. The number of carbonyl (C=O) groups is 2. The summed E-state index contributed by atoms with van der Waals surface area (Å²) in [7, 11) is 1.64. The predicted molar refractivity (Wildman–Crippen MR) is 104 cm³/mol. The van der Waals surface area contributed by atoms with Crippen LogP contribution in [-0.4, -0.2) is 55.3 Å². The number of hydrogen-bond donors (Lipinski definition) is 2. The number of amides is 2. The molecule has 2 amide bonds. The second-order valence-corrected chi connectivity index (χ2v) is 6.99. The van der Waals surface area contributed by atoms with Crippen molar-refractivity contribution in [2.45, 2.75) is 11.6 Å². The Bertz CT molecular complexity index is 1310. The Labute approximate surface area is 165 Å². The van der Waals surface area contributed by atoms with Crippen LogP contribution in [0.2, 0.25) is 0 Å². The first-order valence-corrected chi connectivity index (χ1v) is 8.89. The van der Waals surface area contributed by atoms with Gasteiger partial charge in [-0.2, -0.15) is 5.10 Å². The number of primary amides is 1. The normalized spacial score (nSPS) is 22.1. The van der Waals surface area contributed by atoms with Crippen molar-refractivity contribution >= 4 is 22.8 Å². The van der Waals surface area contributed by atoms with E-state index in [4.69, 9.17) is 5.73 Å². The van der Waals surface area contributed by atoms with E-state index in [0.29, 0.717) is 27.9 Å². The van der Waals surface area contributed by atoms with Gasteiger partial charge >= 0.3 is 0 Å². The lowest BCUT2D eigenvalue weighted by Gasteiger charge is -2.15. The van der Waals surface area contributed by atoms with Crippen molar-refractivity contribution in [1.82, 2.24) is 19.7 Å². The molecule has 0 radical (unpaired) electrons. The van der Waals surface area contributed by atoms with Gasteiger partial charge in [-0.3, -0.25) is 9.59 Å². The van der Waals surface area contributed by atoms with Crippen LogP contribution in [0, 0.1) is 11.8 Å². The molecular formula is C21H15N5O3. The maximum absolute atomic E-state index is 12.3. The Balaban J connectivity index is 1.56. The zero-order chi connectivity index (χ0) is 20.3. The smallest absolute Gasteiger partial charge is 0.272 e. The van der Waals surface area contributed by atoms with Crippen molar-refractivity contribution in [2.24, 2.45) is 5.73 Å². The minimum atomic E-state index is -1.77. The lowest BCUT2D eigenvalue weighted by Crippen LogP contribution is -2.39. The lowest BCUT2D eigenvalue weighted by molar-refractivity contribution is -0.137. The van der Waals surface area contributed by atoms with E-state index in [1.54, 1.807) is 49.6 Å². The molecular weight excluding hydrogens is 370 g/mol. The molecule has 1 fully saturated rings. The van der Waals surface area contributed by atoms with E-state index < -0.39 is 17.4 Å². The van der Waals surface area contributed by atoms with E-state index in [2.05, 4.69) is 21.9 Å². The summed E-state index contributed by atoms with van der Waals surface area (Å²) in [6, 6.07) is 10.4. The molecule has 2 atom stereocenters. The van der Waals surface area contributed by atoms with E-state index in [1.807, 2.05) is 6.08 Å². The van der Waals surface area contributed by atoms with Gasteiger partial charge in [-0.15, -0.1) is 0 Å². The van der Waals surface area contributed by atoms with Crippen molar-refractivity contribution in [1.29, 1.82) is 0 Å². The molecule has 2 aliphatic rings. The molecule has 3 heterocycles. The van der Waals surface area contributed by atoms with E-state index in [0.717, 1.165) is 0 Å². The summed E-state index contributed by atoms with van der Waals surface area (Å²) in [5.41, 5.74) is 6.12. The number of carbonyl (C=O) groups excluding carboxylic acids is 2.